The Kier molecular flexibility index (Phi) is 6.04. The molecule has 1 aliphatic heterocycles. The van der Waals surface area contributed by atoms with E-state index in [1.54, 1.807) is 30.3 Å². The van der Waals surface area contributed by atoms with Crippen LogP contribution in [0.4, 0.5) is 5.69 Å². The van der Waals surface area contributed by atoms with E-state index in [2.05, 4.69) is 26.0 Å². The number of hydrogen-bond donors (Lipinski definition) is 4. The number of aromatic carboxylic acids is 1. The predicted molar refractivity (Wildman–Crippen MR) is 127 cm³/mol. The summed E-state index contributed by atoms with van der Waals surface area (Å²) < 4.78 is 6.65. The van der Waals surface area contributed by atoms with Crippen molar-refractivity contribution in [3.8, 4) is 5.75 Å². The second-order valence-electron chi connectivity index (χ2n) is 7.73. The van der Waals surface area contributed by atoms with E-state index >= 15 is 0 Å². The lowest BCUT2D eigenvalue weighted by molar-refractivity contribution is -0.118. The first-order valence-corrected chi connectivity index (χ1v) is 11.5. The summed E-state index contributed by atoms with van der Waals surface area (Å²) >= 11 is 1.06. The van der Waals surface area contributed by atoms with E-state index in [0.29, 0.717) is 22.0 Å². The highest BCUT2D eigenvalue weighted by atomic mass is 32.1. The number of aromatic nitrogens is 3. The number of nitrogens with zero attached hydrogens (tertiary/aromatic N) is 3. The number of benzene rings is 1. The van der Waals surface area contributed by atoms with E-state index in [4.69, 9.17) is 9.84 Å². The van der Waals surface area contributed by atoms with Gasteiger partial charge in [-0.3, -0.25) is 14.4 Å². The molecule has 13 heteroatoms. The first-order valence-electron chi connectivity index (χ1n) is 10.7. The minimum absolute atomic E-state index is 0.0204. The molecule has 0 bridgehead atoms. The fraction of sp³-hybridized carbons (Fsp3) is 0.130. The van der Waals surface area contributed by atoms with Crippen LogP contribution in [0.5, 0.6) is 5.75 Å². The van der Waals surface area contributed by atoms with Crippen LogP contribution in [0.25, 0.3) is 5.65 Å². The summed E-state index contributed by atoms with van der Waals surface area (Å²) in [4.78, 5) is 53.5. The Hall–Kier alpha value is -4.78. The van der Waals surface area contributed by atoms with Gasteiger partial charge < -0.3 is 25.8 Å². The first-order chi connectivity index (χ1) is 17.4. The summed E-state index contributed by atoms with van der Waals surface area (Å²) in [6.07, 6.45) is 1.46. The van der Waals surface area contributed by atoms with Crippen molar-refractivity contribution in [2.75, 3.05) is 11.9 Å². The molecular weight excluding hydrogens is 488 g/mol. The molecule has 0 unspecified atom stereocenters. The van der Waals surface area contributed by atoms with Gasteiger partial charge in [0.1, 0.15) is 22.0 Å². The molecule has 0 aliphatic carbocycles. The van der Waals surface area contributed by atoms with Crippen molar-refractivity contribution in [1.29, 1.82) is 0 Å². The van der Waals surface area contributed by atoms with Crippen LogP contribution >= 0.6 is 11.3 Å². The van der Waals surface area contributed by atoms with Gasteiger partial charge in [0.2, 0.25) is 0 Å². The highest BCUT2D eigenvalue weighted by Gasteiger charge is 2.19. The van der Waals surface area contributed by atoms with Crippen molar-refractivity contribution >= 4 is 46.4 Å². The monoisotopic (exact) mass is 506 g/mol. The molecule has 0 saturated heterocycles. The van der Waals surface area contributed by atoms with E-state index in [9.17, 15) is 19.2 Å². The zero-order valence-electron chi connectivity index (χ0n) is 18.5. The molecule has 182 valence electrons. The van der Waals surface area contributed by atoms with Gasteiger partial charge in [-0.05, 0) is 29.8 Å². The van der Waals surface area contributed by atoms with E-state index in [1.165, 1.54) is 22.8 Å². The molecule has 3 aromatic heterocycles. The topological polar surface area (TPSA) is 164 Å². The molecule has 4 aromatic rings. The second kappa shape index (κ2) is 9.46. The van der Waals surface area contributed by atoms with Crippen LogP contribution < -0.4 is 20.7 Å². The van der Waals surface area contributed by atoms with Crippen LogP contribution in [-0.2, 0) is 17.9 Å². The molecule has 4 N–H and O–H groups in total. The van der Waals surface area contributed by atoms with Crippen LogP contribution in [-0.4, -0.2) is 50.0 Å². The van der Waals surface area contributed by atoms with Gasteiger partial charge in [0, 0.05) is 23.6 Å². The van der Waals surface area contributed by atoms with E-state index in [1.807, 2.05) is 0 Å². The molecule has 0 spiro atoms. The largest absolute Gasteiger partial charge is 0.482 e. The predicted octanol–water partition coefficient (Wildman–Crippen LogP) is 1.68. The number of thiophene rings is 1. The number of nitrogens with one attached hydrogen (secondary N) is 3. The van der Waals surface area contributed by atoms with Crippen molar-refractivity contribution in [3.05, 3.63) is 75.4 Å². The number of rotatable bonds is 7. The minimum Gasteiger partial charge on any atom is -0.482 e. The average Bonchev–Trinajstić information content (AvgIpc) is 3.54. The third kappa shape index (κ3) is 4.72. The highest BCUT2D eigenvalue weighted by molar-refractivity contribution is 7.13. The van der Waals surface area contributed by atoms with Gasteiger partial charge in [-0.15, -0.1) is 11.3 Å². The maximum Gasteiger partial charge on any atom is 0.345 e. The number of carboxylic acid groups (broad SMARTS) is 1. The van der Waals surface area contributed by atoms with Crippen LogP contribution in [0, 0.1) is 0 Å². The Balaban J connectivity index is 1.30. The smallest absolute Gasteiger partial charge is 0.345 e. The molecule has 1 aromatic carbocycles. The van der Waals surface area contributed by atoms with Gasteiger partial charge in [-0.1, -0.05) is 6.07 Å². The highest BCUT2D eigenvalue weighted by Crippen LogP contribution is 2.28. The van der Waals surface area contributed by atoms with Crippen molar-refractivity contribution in [2.24, 2.45) is 0 Å². The number of carbonyl (C=O) groups is 4. The number of hydrogen-bond acceptors (Lipinski definition) is 8. The maximum atomic E-state index is 12.9. The lowest BCUT2D eigenvalue weighted by atomic mass is 10.1. The van der Waals surface area contributed by atoms with Gasteiger partial charge in [0.05, 0.1) is 18.4 Å². The minimum atomic E-state index is -1.03. The zero-order chi connectivity index (χ0) is 25.2. The summed E-state index contributed by atoms with van der Waals surface area (Å²) in [5, 5.41) is 21.3. The quantitative estimate of drug-likeness (QED) is 0.294. The second-order valence-corrected chi connectivity index (χ2v) is 8.90. The van der Waals surface area contributed by atoms with E-state index in [0.717, 1.165) is 16.9 Å². The van der Waals surface area contributed by atoms with Gasteiger partial charge in [-0.25, -0.2) is 14.3 Å². The van der Waals surface area contributed by atoms with E-state index < -0.39 is 17.8 Å². The van der Waals surface area contributed by atoms with Crippen molar-refractivity contribution in [2.45, 2.75) is 13.1 Å². The molecule has 4 heterocycles. The molecule has 12 nitrogen and oxygen atoms in total. The van der Waals surface area contributed by atoms with Gasteiger partial charge in [0.15, 0.2) is 12.3 Å². The maximum absolute atomic E-state index is 12.9. The number of carbonyl (C=O) groups excluding carboxylic acids is 3. The SMILES string of the molecule is O=C1COc2ccc(CNC(=O)c3cc(C(=O)NCc4ccc(C(=O)O)s4)n4nccc4n3)cc2N1. The van der Waals surface area contributed by atoms with Crippen molar-refractivity contribution in [3.63, 3.8) is 0 Å². The molecule has 3 amide bonds. The number of ether oxygens (including phenoxy) is 1. The standard InChI is InChI=1S/C23H18N6O6S/c30-20-11-35-17-3-1-12(7-14(17)28-20)9-24-21(31)15-8-16(29-19(27-15)5-6-26-29)22(32)25-10-13-2-4-18(36-13)23(33)34/h1-8H,9-11H2,(H,24,31)(H,25,32)(H,28,30)(H,33,34). The molecule has 1 aliphatic rings. The Morgan fingerprint density at radius 3 is 2.72 bits per heavy atom. The normalized spacial score (nSPS) is 12.4. The summed E-state index contributed by atoms with van der Waals surface area (Å²) in [6, 6.07) is 11.2. The number of anilines is 1. The Bertz CT molecular complexity index is 1530. The molecule has 0 fully saturated rings. The average molecular weight is 507 g/mol. The number of fused-ring (bicyclic) bond motifs is 2. The third-order valence-electron chi connectivity index (χ3n) is 5.25. The first kappa shape index (κ1) is 23.0. The van der Waals surface area contributed by atoms with E-state index in [-0.39, 0.29) is 41.9 Å². The third-order valence-corrected chi connectivity index (χ3v) is 6.32. The van der Waals surface area contributed by atoms with Crippen molar-refractivity contribution in [1.82, 2.24) is 25.2 Å². The molecule has 5 rings (SSSR count). The summed E-state index contributed by atoms with van der Waals surface area (Å²) in [7, 11) is 0. The van der Waals surface area contributed by atoms with Crippen LogP contribution in [0.1, 0.15) is 41.1 Å². The van der Waals surface area contributed by atoms with Crippen LogP contribution in [0.3, 0.4) is 0 Å². The van der Waals surface area contributed by atoms with Crippen LogP contribution in [0.2, 0.25) is 0 Å². The fourth-order valence-corrected chi connectivity index (χ4v) is 4.34. The fourth-order valence-electron chi connectivity index (χ4n) is 3.55. The van der Waals surface area contributed by atoms with Crippen LogP contribution in [0.15, 0.2) is 48.7 Å². The Morgan fingerprint density at radius 2 is 1.92 bits per heavy atom. The molecule has 0 atom stereocenters. The van der Waals surface area contributed by atoms with Gasteiger partial charge in [-0.2, -0.15) is 5.10 Å². The van der Waals surface area contributed by atoms with Crippen molar-refractivity contribution < 1.29 is 29.0 Å². The van der Waals surface area contributed by atoms with Gasteiger partial charge >= 0.3 is 5.97 Å². The number of amides is 3. The lowest BCUT2D eigenvalue weighted by Crippen LogP contribution is -2.28. The lowest BCUT2D eigenvalue weighted by Gasteiger charge is -2.18. The summed E-state index contributed by atoms with van der Waals surface area (Å²) in [6.45, 7) is 0.223. The Morgan fingerprint density at radius 1 is 1.08 bits per heavy atom. The number of carboxylic acids is 1. The Labute approximate surface area is 206 Å². The van der Waals surface area contributed by atoms with Gasteiger partial charge in [0.25, 0.3) is 17.7 Å². The molecule has 0 saturated carbocycles. The summed E-state index contributed by atoms with van der Waals surface area (Å²) in [5.74, 6) is -1.75. The molecular formula is C23H18N6O6S. The molecule has 36 heavy (non-hydrogen) atoms. The zero-order valence-corrected chi connectivity index (χ0v) is 19.3. The molecule has 0 radical (unpaired) electrons. The summed E-state index contributed by atoms with van der Waals surface area (Å²) in [5.41, 5.74) is 1.68.